The first-order valence-electron chi connectivity index (χ1n) is 5.08. The molecule has 6 heteroatoms. The van der Waals surface area contributed by atoms with Gasteiger partial charge in [-0.2, -0.15) is 11.3 Å². The van der Waals surface area contributed by atoms with Gasteiger partial charge in [-0.3, -0.25) is 9.55 Å². The Balaban J connectivity index is 2.56. The third kappa shape index (κ3) is 2.71. The number of thiophene rings is 1. The number of H-pyrrole nitrogens is 1. The van der Waals surface area contributed by atoms with Crippen LogP contribution in [0.1, 0.15) is 0 Å². The summed E-state index contributed by atoms with van der Waals surface area (Å²) in [5, 5.41) is 3.97. The maximum absolute atomic E-state index is 11.9. The SMILES string of the molecule is COCCn1c(-c2ccsc2)cc(=S)[nH]c1=O. The van der Waals surface area contributed by atoms with Crippen LogP contribution in [0.15, 0.2) is 27.7 Å². The molecular weight excluding hydrogens is 256 g/mol. The van der Waals surface area contributed by atoms with E-state index >= 15 is 0 Å². The van der Waals surface area contributed by atoms with Gasteiger partial charge in [0.05, 0.1) is 18.8 Å². The van der Waals surface area contributed by atoms with Gasteiger partial charge in [0, 0.05) is 18.1 Å². The number of aromatic amines is 1. The van der Waals surface area contributed by atoms with Gasteiger partial charge in [-0.25, -0.2) is 4.79 Å². The predicted molar refractivity (Wildman–Crippen MR) is 71.1 cm³/mol. The summed E-state index contributed by atoms with van der Waals surface area (Å²) in [6.45, 7) is 0.994. The Bertz CT molecular complexity index is 599. The molecule has 0 aliphatic carbocycles. The number of aromatic nitrogens is 2. The number of hydrogen-bond acceptors (Lipinski definition) is 4. The topological polar surface area (TPSA) is 47.0 Å². The monoisotopic (exact) mass is 268 g/mol. The summed E-state index contributed by atoms with van der Waals surface area (Å²) in [6, 6.07) is 3.77. The number of hydrogen-bond donors (Lipinski definition) is 1. The molecule has 2 aromatic rings. The minimum Gasteiger partial charge on any atom is -0.383 e. The smallest absolute Gasteiger partial charge is 0.327 e. The second-order valence-electron chi connectivity index (χ2n) is 3.48. The fourth-order valence-corrected chi connectivity index (χ4v) is 2.42. The van der Waals surface area contributed by atoms with Crippen molar-refractivity contribution in [2.75, 3.05) is 13.7 Å². The van der Waals surface area contributed by atoms with Crippen LogP contribution in [0.5, 0.6) is 0 Å². The lowest BCUT2D eigenvalue weighted by Gasteiger charge is -2.10. The van der Waals surface area contributed by atoms with Crippen molar-refractivity contribution in [2.24, 2.45) is 0 Å². The third-order valence-electron chi connectivity index (χ3n) is 2.37. The maximum atomic E-state index is 11.9. The molecule has 0 spiro atoms. The number of ether oxygens (including phenoxy) is 1. The first kappa shape index (κ1) is 12.2. The first-order chi connectivity index (χ1) is 8.22. The molecule has 0 aliphatic heterocycles. The molecule has 2 heterocycles. The number of methoxy groups -OCH3 is 1. The second-order valence-corrected chi connectivity index (χ2v) is 4.70. The van der Waals surface area contributed by atoms with Crippen molar-refractivity contribution < 1.29 is 4.74 Å². The van der Waals surface area contributed by atoms with E-state index < -0.39 is 0 Å². The standard InChI is InChI=1S/C11H12N2O2S2/c1-15-4-3-13-9(8-2-5-17-7-8)6-10(16)12-11(13)14/h2,5-7H,3-4H2,1H3,(H,12,14,16). The van der Waals surface area contributed by atoms with E-state index in [0.29, 0.717) is 17.8 Å². The normalized spacial score (nSPS) is 10.6. The van der Waals surface area contributed by atoms with Crippen molar-refractivity contribution in [1.29, 1.82) is 0 Å². The lowest BCUT2D eigenvalue weighted by Crippen LogP contribution is -2.26. The van der Waals surface area contributed by atoms with Crippen LogP contribution < -0.4 is 5.69 Å². The molecule has 0 unspecified atom stereocenters. The zero-order valence-corrected chi connectivity index (χ0v) is 10.9. The molecule has 0 aliphatic rings. The van der Waals surface area contributed by atoms with E-state index in [1.165, 1.54) is 0 Å². The van der Waals surface area contributed by atoms with Crippen LogP contribution in [0, 0.1) is 4.64 Å². The van der Waals surface area contributed by atoms with Gasteiger partial charge < -0.3 is 4.74 Å². The molecule has 0 amide bonds. The molecule has 0 bridgehead atoms. The summed E-state index contributed by atoms with van der Waals surface area (Å²) >= 11 is 6.62. The molecule has 0 atom stereocenters. The van der Waals surface area contributed by atoms with Crippen LogP contribution in [0.25, 0.3) is 11.3 Å². The van der Waals surface area contributed by atoms with E-state index in [1.54, 1.807) is 29.1 Å². The van der Waals surface area contributed by atoms with Crippen LogP contribution >= 0.6 is 23.6 Å². The first-order valence-corrected chi connectivity index (χ1v) is 6.43. The van der Waals surface area contributed by atoms with Gasteiger partial charge in [0.15, 0.2) is 0 Å². The molecule has 90 valence electrons. The fourth-order valence-electron chi connectivity index (χ4n) is 1.57. The molecule has 4 nitrogen and oxygen atoms in total. The van der Waals surface area contributed by atoms with E-state index in [4.69, 9.17) is 17.0 Å². The molecule has 2 rings (SSSR count). The second kappa shape index (κ2) is 5.39. The Morgan fingerprint density at radius 2 is 2.41 bits per heavy atom. The molecule has 2 aromatic heterocycles. The molecule has 0 radical (unpaired) electrons. The van der Waals surface area contributed by atoms with Gasteiger partial charge in [-0.15, -0.1) is 0 Å². The van der Waals surface area contributed by atoms with Crippen LogP contribution in [-0.2, 0) is 11.3 Å². The van der Waals surface area contributed by atoms with Crippen molar-refractivity contribution in [3.8, 4) is 11.3 Å². The summed E-state index contributed by atoms with van der Waals surface area (Å²) in [5.74, 6) is 0. The average molecular weight is 268 g/mol. The predicted octanol–water partition coefficient (Wildman–Crippen LogP) is 2.28. The highest BCUT2D eigenvalue weighted by Crippen LogP contribution is 2.20. The minimum atomic E-state index is -0.198. The van der Waals surface area contributed by atoms with E-state index in [1.807, 2.05) is 16.8 Å². The molecule has 1 N–H and O–H groups in total. The Labute approximate surface area is 108 Å². The Morgan fingerprint density at radius 1 is 1.59 bits per heavy atom. The largest absolute Gasteiger partial charge is 0.383 e. The van der Waals surface area contributed by atoms with Gasteiger partial charge in [-0.05, 0) is 17.5 Å². The summed E-state index contributed by atoms with van der Waals surface area (Å²) in [5.41, 5.74) is 1.64. The molecule has 17 heavy (non-hydrogen) atoms. The highest BCUT2D eigenvalue weighted by atomic mass is 32.1. The Kier molecular flexibility index (Phi) is 3.88. The average Bonchev–Trinajstić information content (AvgIpc) is 2.80. The Morgan fingerprint density at radius 3 is 3.06 bits per heavy atom. The lowest BCUT2D eigenvalue weighted by atomic mass is 10.2. The van der Waals surface area contributed by atoms with Crippen molar-refractivity contribution in [2.45, 2.75) is 6.54 Å². The van der Waals surface area contributed by atoms with Crippen LogP contribution in [0.2, 0.25) is 0 Å². The van der Waals surface area contributed by atoms with Gasteiger partial charge >= 0.3 is 5.69 Å². The van der Waals surface area contributed by atoms with Crippen LogP contribution in [0.3, 0.4) is 0 Å². The van der Waals surface area contributed by atoms with E-state index in [2.05, 4.69) is 4.98 Å². The molecule has 0 saturated heterocycles. The van der Waals surface area contributed by atoms with Crippen molar-refractivity contribution in [3.63, 3.8) is 0 Å². The molecule has 0 saturated carbocycles. The number of nitrogens with zero attached hydrogens (tertiary/aromatic N) is 1. The number of nitrogens with one attached hydrogen (secondary N) is 1. The summed E-state index contributed by atoms with van der Waals surface area (Å²) in [6.07, 6.45) is 0. The van der Waals surface area contributed by atoms with Gasteiger partial charge in [0.1, 0.15) is 4.64 Å². The number of rotatable bonds is 4. The van der Waals surface area contributed by atoms with E-state index in [-0.39, 0.29) is 5.69 Å². The lowest BCUT2D eigenvalue weighted by molar-refractivity contribution is 0.186. The maximum Gasteiger partial charge on any atom is 0.327 e. The highest BCUT2D eigenvalue weighted by Gasteiger charge is 2.07. The van der Waals surface area contributed by atoms with Crippen molar-refractivity contribution in [3.05, 3.63) is 38.0 Å². The van der Waals surface area contributed by atoms with E-state index in [9.17, 15) is 4.79 Å². The van der Waals surface area contributed by atoms with Gasteiger partial charge in [-0.1, -0.05) is 12.2 Å². The third-order valence-corrected chi connectivity index (χ3v) is 3.27. The Hall–Kier alpha value is -1.24. The van der Waals surface area contributed by atoms with E-state index in [0.717, 1.165) is 11.3 Å². The summed E-state index contributed by atoms with van der Waals surface area (Å²) in [4.78, 5) is 14.5. The van der Waals surface area contributed by atoms with Gasteiger partial charge in [0.25, 0.3) is 0 Å². The highest BCUT2D eigenvalue weighted by molar-refractivity contribution is 7.71. The quantitative estimate of drug-likeness (QED) is 0.865. The molecule has 0 aromatic carbocycles. The minimum absolute atomic E-state index is 0.198. The van der Waals surface area contributed by atoms with Crippen LogP contribution in [-0.4, -0.2) is 23.3 Å². The molecule has 0 fully saturated rings. The van der Waals surface area contributed by atoms with Crippen LogP contribution in [0.4, 0.5) is 0 Å². The summed E-state index contributed by atoms with van der Waals surface area (Å²) < 4.78 is 7.10. The van der Waals surface area contributed by atoms with Crippen molar-refractivity contribution >= 4 is 23.6 Å². The van der Waals surface area contributed by atoms with Crippen molar-refractivity contribution in [1.82, 2.24) is 9.55 Å². The zero-order valence-electron chi connectivity index (χ0n) is 9.30. The fraction of sp³-hybridized carbons (Fsp3) is 0.273. The molecular formula is C11H12N2O2S2. The zero-order chi connectivity index (χ0) is 12.3. The van der Waals surface area contributed by atoms with Gasteiger partial charge in [0.2, 0.25) is 0 Å². The summed E-state index contributed by atoms with van der Waals surface area (Å²) in [7, 11) is 1.61.